The molecule has 8 bridgehead atoms. The molecule has 6 aliphatic heterocycles. The SMILES string of the molecule is CS[C@H]1C[C@@H]2C3=C(C1=O)C1N/C(=C\[C@H]4N[C@@]5(C[C@@H]6NC(C[C@@H](N3)[C@H]2CC(=O)O)[C@@](C)(CC(N)=O)[C@@H]6CCC(=O)O)NC(=O)C[C@@]5(C)[C@@H]4CCC(=O)O)[C@@H](CC(=O)O)[C@@H]1CCC(=O)O. The number of hydrogen-bond donors (Lipinski definition) is 11. The van der Waals surface area contributed by atoms with Crippen molar-refractivity contribution >= 4 is 59.2 Å². The molecule has 19 nitrogen and oxygen atoms in total. The average Bonchev–Trinajstić information content (AvgIpc) is 3.86. The maximum Gasteiger partial charge on any atom is 0.304 e. The van der Waals surface area contributed by atoms with Crippen LogP contribution < -0.4 is 32.3 Å². The molecule has 12 N–H and O–H groups in total. The number of hydrogen-bond acceptors (Lipinski definition) is 13. The summed E-state index contributed by atoms with van der Waals surface area (Å²) in [5.74, 6) is -10.2. The predicted molar refractivity (Wildman–Crippen MR) is 224 cm³/mol. The first-order valence-corrected chi connectivity index (χ1v) is 23.2. The Bertz CT molecular complexity index is 2030. The fourth-order valence-electron chi connectivity index (χ4n) is 13.4. The zero-order valence-electron chi connectivity index (χ0n) is 35.7. The van der Waals surface area contributed by atoms with E-state index in [-0.39, 0.29) is 82.3 Å². The number of nitrogens with one attached hydrogen (secondary N) is 5. The van der Waals surface area contributed by atoms with E-state index in [1.54, 1.807) is 6.26 Å². The van der Waals surface area contributed by atoms with E-state index >= 15 is 0 Å². The van der Waals surface area contributed by atoms with Gasteiger partial charge >= 0.3 is 29.8 Å². The Morgan fingerprint density at radius 2 is 1.44 bits per heavy atom. The van der Waals surface area contributed by atoms with Crippen LogP contribution in [0.25, 0.3) is 0 Å². The van der Waals surface area contributed by atoms with E-state index in [9.17, 15) is 63.9 Å². The van der Waals surface area contributed by atoms with E-state index in [1.165, 1.54) is 11.8 Å². The van der Waals surface area contributed by atoms with Crippen molar-refractivity contribution in [3.8, 4) is 0 Å². The largest absolute Gasteiger partial charge is 0.481 e. The fourth-order valence-corrected chi connectivity index (χ4v) is 14.2. The maximum atomic E-state index is 14.8. The molecule has 63 heavy (non-hydrogen) atoms. The van der Waals surface area contributed by atoms with Crippen molar-refractivity contribution in [1.29, 1.82) is 0 Å². The summed E-state index contributed by atoms with van der Waals surface area (Å²) in [6.07, 6.45) is 2.89. The molecule has 7 rings (SSSR count). The molecular weight excluding hydrogens is 841 g/mol. The quantitative estimate of drug-likeness (QED) is 0.104. The zero-order chi connectivity index (χ0) is 45.9. The van der Waals surface area contributed by atoms with Gasteiger partial charge in [-0.25, -0.2) is 0 Å². The maximum absolute atomic E-state index is 14.8. The van der Waals surface area contributed by atoms with Crippen LogP contribution in [0.2, 0.25) is 0 Å². The Labute approximate surface area is 368 Å². The van der Waals surface area contributed by atoms with Crippen LogP contribution in [0.3, 0.4) is 0 Å². The minimum atomic E-state index is -1.23. The number of aliphatic carboxylic acids is 5. The number of fused-ring (bicyclic) bond motifs is 7. The van der Waals surface area contributed by atoms with E-state index in [0.29, 0.717) is 23.4 Å². The van der Waals surface area contributed by atoms with Crippen LogP contribution in [0.5, 0.6) is 0 Å². The standard InChI is InChI=1S/C43H60N6O13S/c1-41(16-30(44)50)22(5-8-33(54)55)27-15-43-42(2,17-31(51)49-43)23(6-9-34(56)57)26(48-43)13-24-19(11-35(58)59)18(4-7-32(52)53)38(46-24)37-39-21(10-28(63-3)40(37)62)20(12-36(60)61)25(47-39)14-29(41)45-27/h13,18-23,25-29,38,45-48H,4-12,14-17H2,1-3H3,(H2,44,50)(H,49,51)(H,52,53)(H,54,55)(H,56,57)(H,58,59)(H,60,61)/b24-13-/t18-,19-,20-,21-,22+,23+,25+,26+,27-,28-,29?,38?,41-,42-,43-/m0/s1. The summed E-state index contributed by atoms with van der Waals surface area (Å²) in [7, 11) is 0. The molecule has 0 aromatic heterocycles. The van der Waals surface area contributed by atoms with E-state index in [4.69, 9.17) is 5.73 Å². The third kappa shape index (κ3) is 8.42. The second-order valence-electron chi connectivity index (χ2n) is 19.5. The van der Waals surface area contributed by atoms with Gasteiger partial charge in [-0.15, -0.1) is 0 Å². The molecule has 5 saturated heterocycles. The van der Waals surface area contributed by atoms with Gasteiger partial charge in [0.2, 0.25) is 11.8 Å². The Morgan fingerprint density at radius 3 is 2.05 bits per heavy atom. The summed E-state index contributed by atoms with van der Waals surface area (Å²) in [5, 5.41) is 67.8. The molecule has 0 aromatic carbocycles. The Morgan fingerprint density at radius 1 is 0.810 bits per heavy atom. The van der Waals surface area contributed by atoms with Gasteiger partial charge in [0.05, 0.1) is 29.8 Å². The van der Waals surface area contributed by atoms with Crippen molar-refractivity contribution in [1.82, 2.24) is 26.6 Å². The number of amides is 2. The number of carbonyl (C=O) groups is 8. The fraction of sp³-hybridized carbons (Fsp3) is 0.721. The number of allylic oxidation sites excluding steroid dienone is 2. The molecule has 7 aliphatic rings. The highest BCUT2D eigenvalue weighted by molar-refractivity contribution is 8.00. The van der Waals surface area contributed by atoms with Gasteiger partial charge in [0.1, 0.15) is 0 Å². The minimum absolute atomic E-state index is 0.000625. The van der Waals surface area contributed by atoms with Gasteiger partial charge in [-0.2, -0.15) is 11.8 Å². The summed E-state index contributed by atoms with van der Waals surface area (Å²) in [6.45, 7) is 3.79. The lowest BCUT2D eigenvalue weighted by molar-refractivity contribution is -0.139. The monoisotopic (exact) mass is 900 g/mol. The number of rotatable bonds is 16. The number of carboxylic acids is 5. The van der Waals surface area contributed by atoms with E-state index < -0.39 is 130 Å². The highest BCUT2D eigenvalue weighted by atomic mass is 32.2. The molecule has 20 heteroatoms. The van der Waals surface area contributed by atoms with Gasteiger partial charge in [0.25, 0.3) is 0 Å². The summed E-state index contributed by atoms with van der Waals surface area (Å²) < 4.78 is 0. The van der Waals surface area contributed by atoms with Crippen molar-refractivity contribution in [3.63, 3.8) is 0 Å². The molecule has 0 radical (unpaired) electrons. The van der Waals surface area contributed by atoms with Crippen molar-refractivity contribution in [2.45, 2.75) is 138 Å². The molecule has 1 aliphatic carbocycles. The molecule has 15 atom stereocenters. The first-order valence-electron chi connectivity index (χ1n) is 21.9. The molecule has 2 unspecified atom stereocenters. The number of nitrogens with two attached hydrogens (primary N) is 1. The summed E-state index contributed by atoms with van der Waals surface area (Å²) in [5.41, 5.74) is 4.06. The Kier molecular flexibility index (Phi) is 12.8. The highest BCUT2D eigenvalue weighted by Crippen LogP contribution is 2.59. The number of primary amides is 1. The average molecular weight is 901 g/mol. The number of thioether (sulfide) groups is 1. The van der Waals surface area contributed by atoms with Crippen molar-refractivity contribution in [3.05, 3.63) is 23.0 Å². The minimum Gasteiger partial charge on any atom is -0.481 e. The predicted octanol–water partition coefficient (Wildman–Crippen LogP) is 1.22. The van der Waals surface area contributed by atoms with Crippen LogP contribution in [-0.4, -0.2) is 120 Å². The van der Waals surface area contributed by atoms with Gasteiger partial charge < -0.3 is 52.5 Å². The lowest BCUT2D eigenvalue weighted by atomic mass is 9.63. The van der Waals surface area contributed by atoms with Crippen LogP contribution in [0.4, 0.5) is 0 Å². The molecular formula is C43H60N6O13S. The summed E-state index contributed by atoms with van der Waals surface area (Å²) in [6, 6.07) is -3.29. The molecule has 6 heterocycles. The van der Waals surface area contributed by atoms with Crippen molar-refractivity contribution < 1.29 is 63.9 Å². The Balaban J connectivity index is 1.49. The van der Waals surface area contributed by atoms with Gasteiger partial charge in [-0.3, -0.25) is 43.7 Å². The number of carbonyl (C=O) groups excluding carboxylic acids is 3. The van der Waals surface area contributed by atoms with E-state index in [0.717, 1.165) is 0 Å². The summed E-state index contributed by atoms with van der Waals surface area (Å²) in [4.78, 5) is 104. The lowest BCUT2D eigenvalue weighted by Gasteiger charge is -2.43. The first-order chi connectivity index (χ1) is 29.6. The first kappa shape index (κ1) is 46.3. The third-order valence-corrected chi connectivity index (χ3v) is 17.1. The molecule has 1 spiro atoms. The van der Waals surface area contributed by atoms with E-state index in [1.807, 2.05) is 19.9 Å². The van der Waals surface area contributed by atoms with Crippen LogP contribution in [0.15, 0.2) is 23.0 Å². The number of ketones is 1. The molecule has 0 aromatic rings. The molecule has 346 valence electrons. The van der Waals surface area contributed by atoms with Crippen molar-refractivity contribution in [2.24, 2.45) is 52.1 Å². The van der Waals surface area contributed by atoms with Crippen LogP contribution >= 0.6 is 11.8 Å². The Hall–Kier alpha value is -4.69. The van der Waals surface area contributed by atoms with Gasteiger partial charge in [0, 0.05) is 96.9 Å². The summed E-state index contributed by atoms with van der Waals surface area (Å²) >= 11 is 1.32. The van der Waals surface area contributed by atoms with E-state index in [2.05, 4.69) is 26.6 Å². The topological polar surface area (TPSA) is 324 Å². The second kappa shape index (κ2) is 17.4. The zero-order valence-corrected chi connectivity index (χ0v) is 36.5. The number of carboxylic acid groups (broad SMARTS) is 5. The van der Waals surface area contributed by atoms with Gasteiger partial charge in [-0.1, -0.05) is 13.8 Å². The highest BCUT2D eigenvalue weighted by Gasteiger charge is 2.68. The second-order valence-corrected chi connectivity index (χ2v) is 20.6. The lowest BCUT2D eigenvalue weighted by Crippen LogP contribution is -2.61. The normalized spacial score (nSPS) is 40.9. The van der Waals surface area contributed by atoms with Crippen LogP contribution in [-0.2, 0) is 38.4 Å². The third-order valence-electron chi connectivity index (χ3n) is 16.2. The molecule has 5 fully saturated rings. The van der Waals surface area contributed by atoms with Crippen LogP contribution in [0.1, 0.15) is 97.3 Å². The molecule has 0 saturated carbocycles. The smallest absolute Gasteiger partial charge is 0.304 e. The molecule has 2 amide bonds. The van der Waals surface area contributed by atoms with Crippen LogP contribution in [0, 0.1) is 46.3 Å². The van der Waals surface area contributed by atoms with Crippen molar-refractivity contribution in [2.75, 3.05) is 6.26 Å². The van der Waals surface area contributed by atoms with Gasteiger partial charge in [0.15, 0.2) is 5.78 Å². The van der Waals surface area contributed by atoms with Gasteiger partial charge in [-0.05, 0) is 73.5 Å². The number of Topliss-reactive ketones (excluding diaryl/α,β-unsaturated/α-hetero) is 1.